The minimum absolute atomic E-state index is 0.0937. The maximum absolute atomic E-state index is 12.5. The molecule has 0 aliphatic rings. The van der Waals surface area contributed by atoms with Gasteiger partial charge in [0.1, 0.15) is 12.3 Å². The Bertz CT molecular complexity index is 944. The molecule has 0 aliphatic heterocycles. The van der Waals surface area contributed by atoms with Gasteiger partial charge < -0.3 is 10.1 Å². The molecule has 0 aliphatic carbocycles. The average Bonchev–Trinajstić information content (AvgIpc) is 2.58. The van der Waals surface area contributed by atoms with E-state index in [2.05, 4.69) is 5.32 Å². The van der Waals surface area contributed by atoms with Crippen LogP contribution in [0.2, 0.25) is 0 Å². The van der Waals surface area contributed by atoms with Crippen molar-refractivity contribution in [3.63, 3.8) is 0 Å². The first-order valence-corrected chi connectivity index (χ1v) is 11.4. The van der Waals surface area contributed by atoms with Crippen LogP contribution in [0.1, 0.15) is 36.1 Å². The largest absolute Gasteiger partial charge is 0.491 e. The van der Waals surface area contributed by atoms with Gasteiger partial charge in [0, 0.05) is 6.54 Å². The molecule has 0 unspecified atom stereocenters. The molecule has 2 rings (SSSR count). The first-order chi connectivity index (χ1) is 13.5. The third kappa shape index (κ3) is 6.49. The van der Waals surface area contributed by atoms with Crippen molar-refractivity contribution in [2.24, 2.45) is 0 Å². The Hall–Kier alpha value is -2.54. The minimum Gasteiger partial charge on any atom is -0.491 e. The van der Waals surface area contributed by atoms with Crippen LogP contribution in [-0.2, 0) is 21.4 Å². The molecule has 29 heavy (non-hydrogen) atoms. The van der Waals surface area contributed by atoms with Crippen LogP contribution in [0.15, 0.2) is 36.4 Å². The molecule has 0 radical (unpaired) electrons. The molecule has 0 spiro atoms. The summed E-state index contributed by atoms with van der Waals surface area (Å²) in [6, 6.07) is 11.3. The van der Waals surface area contributed by atoms with Gasteiger partial charge in [-0.1, -0.05) is 29.8 Å². The average molecular weight is 419 g/mol. The Kier molecular flexibility index (Phi) is 7.30. The molecule has 0 fully saturated rings. The highest BCUT2D eigenvalue weighted by Crippen LogP contribution is 2.28. The first kappa shape index (κ1) is 22.7. The summed E-state index contributed by atoms with van der Waals surface area (Å²) in [7, 11) is -3.62. The number of benzene rings is 2. The van der Waals surface area contributed by atoms with Crippen LogP contribution in [0.4, 0.5) is 5.69 Å². The van der Waals surface area contributed by atoms with Crippen LogP contribution < -0.4 is 14.4 Å². The number of hydrogen-bond acceptors (Lipinski definition) is 4. The summed E-state index contributed by atoms with van der Waals surface area (Å²) in [5.41, 5.74) is 4.15. The van der Waals surface area contributed by atoms with Gasteiger partial charge in [0.05, 0.1) is 18.0 Å². The fraction of sp³-hybridized carbons (Fsp3) is 0.409. The molecule has 0 saturated heterocycles. The van der Waals surface area contributed by atoms with E-state index in [1.54, 1.807) is 0 Å². The van der Waals surface area contributed by atoms with E-state index in [0.717, 1.165) is 34.3 Å². The number of carbonyl (C=O) groups excluding carboxylic acids is 1. The summed E-state index contributed by atoms with van der Waals surface area (Å²) in [6.45, 7) is 9.62. The first-order valence-electron chi connectivity index (χ1n) is 9.55. The van der Waals surface area contributed by atoms with Crippen LogP contribution in [-0.4, -0.2) is 33.2 Å². The monoisotopic (exact) mass is 418 g/mol. The van der Waals surface area contributed by atoms with Gasteiger partial charge in [-0.25, -0.2) is 8.42 Å². The van der Waals surface area contributed by atoms with Crippen molar-refractivity contribution in [2.45, 2.75) is 47.3 Å². The van der Waals surface area contributed by atoms with E-state index in [0.29, 0.717) is 12.2 Å². The molecular formula is C22H30N2O4S. The fourth-order valence-corrected chi connectivity index (χ4v) is 4.24. The van der Waals surface area contributed by atoms with Crippen molar-refractivity contribution in [1.29, 1.82) is 0 Å². The normalized spacial score (nSPS) is 11.4. The van der Waals surface area contributed by atoms with Crippen LogP contribution in [0.3, 0.4) is 0 Å². The number of nitrogens with one attached hydrogen (secondary N) is 1. The Labute approximate surface area is 173 Å². The zero-order valence-corrected chi connectivity index (χ0v) is 18.8. The standard InChI is InChI=1S/C22H30N2O4S/c1-15(2)28-20-9-7-19(8-10-20)13-23-21(25)14-24(29(6,26)27)22-17(4)11-16(3)12-18(22)5/h7-12,15H,13-14H2,1-6H3,(H,23,25). The summed E-state index contributed by atoms with van der Waals surface area (Å²) >= 11 is 0. The van der Waals surface area contributed by atoms with Crippen LogP contribution in [0, 0.1) is 20.8 Å². The van der Waals surface area contributed by atoms with Crippen molar-refractivity contribution in [3.8, 4) is 5.75 Å². The van der Waals surface area contributed by atoms with Crippen LogP contribution in [0.25, 0.3) is 0 Å². The maximum atomic E-state index is 12.5. The van der Waals surface area contributed by atoms with Crippen LogP contribution >= 0.6 is 0 Å². The number of hydrogen-bond donors (Lipinski definition) is 1. The minimum atomic E-state index is -3.62. The fourth-order valence-electron chi connectivity index (χ4n) is 3.27. The second kappa shape index (κ2) is 9.31. The predicted octanol–water partition coefficient (Wildman–Crippen LogP) is 3.48. The van der Waals surface area contributed by atoms with Gasteiger partial charge in [0.2, 0.25) is 15.9 Å². The van der Waals surface area contributed by atoms with E-state index in [4.69, 9.17) is 4.74 Å². The predicted molar refractivity (Wildman–Crippen MR) is 117 cm³/mol. The van der Waals surface area contributed by atoms with Gasteiger partial charge >= 0.3 is 0 Å². The van der Waals surface area contributed by atoms with E-state index in [9.17, 15) is 13.2 Å². The number of sulfonamides is 1. The lowest BCUT2D eigenvalue weighted by atomic mass is 10.1. The molecule has 2 aromatic rings. The van der Waals surface area contributed by atoms with E-state index in [1.807, 2.05) is 71.0 Å². The molecule has 2 aromatic carbocycles. The van der Waals surface area contributed by atoms with E-state index in [-0.39, 0.29) is 18.6 Å². The number of amides is 1. The van der Waals surface area contributed by atoms with E-state index in [1.165, 1.54) is 4.31 Å². The van der Waals surface area contributed by atoms with E-state index < -0.39 is 10.0 Å². The highest BCUT2D eigenvalue weighted by molar-refractivity contribution is 7.92. The molecule has 1 amide bonds. The maximum Gasteiger partial charge on any atom is 0.241 e. The Morgan fingerprint density at radius 3 is 2.10 bits per heavy atom. The molecule has 0 atom stereocenters. The summed E-state index contributed by atoms with van der Waals surface area (Å²) in [4.78, 5) is 12.5. The summed E-state index contributed by atoms with van der Waals surface area (Å²) in [5, 5.41) is 2.80. The van der Waals surface area contributed by atoms with Crippen molar-refractivity contribution < 1.29 is 17.9 Å². The molecule has 0 bridgehead atoms. The topological polar surface area (TPSA) is 75.7 Å². The van der Waals surface area contributed by atoms with Crippen molar-refractivity contribution in [1.82, 2.24) is 5.32 Å². The molecule has 6 nitrogen and oxygen atoms in total. The molecule has 0 aromatic heterocycles. The van der Waals surface area contributed by atoms with Gasteiger partial charge in [-0.15, -0.1) is 0 Å². The number of carbonyl (C=O) groups is 1. The lowest BCUT2D eigenvalue weighted by Crippen LogP contribution is -2.40. The Morgan fingerprint density at radius 2 is 1.62 bits per heavy atom. The highest BCUT2D eigenvalue weighted by atomic mass is 32.2. The number of ether oxygens (including phenoxy) is 1. The lowest BCUT2D eigenvalue weighted by molar-refractivity contribution is -0.119. The van der Waals surface area contributed by atoms with Crippen molar-refractivity contribution >= 4 is 21.6 Å². The van der Waals surface area contributed by atoms with Gasteiger partial charge in [-0.05, 0) is 63.4 Å². The molecule has 158 valence electrons. The van der Waals surface area contributed by atoms with Crippen LogP contribution in [0.5, 0.6) is 5.75 Å². The third-order valence-electron chi connectivity index (χ3n) is 4.36. The number of rotatable bonds is 8. The zero-order valence-electron chi connectivity index (χ0n) is 17.9. The smallest absolute Gasteiger partial charge is 0.241 e. The van der Waals surface area contributed by atoms with Gasteiger partial charge in [0.15, 0.2) is 0 Å². The quantitative estimate of drug-likeness (QED) is 0.712. The number of anilines is 1. The third-order valence-corrected chi connectivity index (χ3v) is 5.47. The SMILES string of the molecule is Cc1cc(C)c(N(CC(=O)NCc2ccc(OC(C)C)cc2)S(C)(=O)=O)c(C)c1. The second-order valence-electron chi connectivity index (χ2n) is 7.60. The van der Waals surface area contributed by atoms with Gasteiger partial charge in [0.25, 0.3) is 0 Å². The molecular weight excluding hydrogens is 388 g/mol. The van der Waals surface area contributed by atoms with Crippen molar-refractivity contribution in [2.75, 3.05) is 17.1 Å². The molecule has 1 N–H and O–H groups in total. The summed E-state index contributed by atoms with van der Waals surface area (Å²) in [5.74, 6) is 0.404. The lowest BCUT2D eigenvalue weighted by Gasteiger charge is -2.26. The number of aryl methyl sites for hydroxylation is 3. The molecule has 0 saturated carbocycles. The Balaban J connectivity index is 2.10. The van der Waals surface area contributed by atoms with E-state index >= 15 is 0 Å². The molecule has 0 heterocycles. The summed E-state index contributed by atoms with van der Waals surface area (Å²) < 4.78 is 31.6. The van der Waals surface area contributed by atoms with Crippen molar-refractivity contribution in [3.05, 3.63) is 58.7 Å². The van der Waals surface area contributed by atoms with Gasteiger partial charge in [-0.3, -0.25) is 9.10 Å². The highest BCUT2D eigenvalue weighted by Gasteiger charge is 2.24. The summed E-state index contributed by atoms with van der Waals surface area (Å²) in [6.07, 6.45) is 1.21. The Morgan fingerprint density at radius 1 is 1.07 bits per heavy atom. The number of nitrogens with zero attached hydrogens (tertiary/aromatic N) is 1. The second-order valence-corrected chi connectivity index (χ2v) is 9.51. The van der Waals surface area contributed by atoms with Gasteiger partial charge in [-0.2, -0.15) is 0 Å². The zero-order chi connectivity index (χ0) is 21.8. The molecule has 7 heteroatoms.